The monoisotopic (exact) mass is 445 g/mol. The maximum absolute atomic E-state index is 14.4. The molecule has 1 heterocycles. The van der Waals surface area contributed by atoms with E-state index in [1.807, 2.05) is 38.1 Å². The molecule has 0 aliphatic carbocycles. The summed E-state index contributed by atoms with van der Waals surface area (Å²) in [5.74, 6) is -0.247. The van der Waals surface area contributed by atoms with Crippen LogP contribution in [-0.4, -0.2) is 48.1 Å². The Labute approximate surface area is 189 Å². The number of likely N-dealkylation sites (tertiary alicyclic amines) is 1. The van der Waals surface area contributed by atoms with Crippen molar-refractivity contribution in [3.8, 4) is 5.75 Å². The van der Waals surface area contributed by atoms with E-state index >= 15 is 0 Å². The number of rotatable bonds is 7. The first kappa shape index (κ1) is 24.0. The first-order valence-corrected chi connectivity index (χ1v) is 11.2. The van der Waals surface area contributed by atoms with Gasteiger partial charge in [0.25, 0.3) is 0 Å². The van der Waals surface area contributed by atoms with Crippen molar-refractivity contribution >= 4 is 6.03 Å². The van der Waals surface area contributed by atoms with Crippen molar-refractivity contribution in [2.24, 2.45) is 5.92 Å². The third kappa shape index (κ3) is 6.42. The smallest absolute Gasteiger partial charge is 0.318 e. The molecule has 7 heteroatoms. The molecule has 2 atom stereocenters. The van der Waals surface area contributed by atoms with Crippen molar-refractivity contribution < 1.29 is 18.3 Å². The lowest BCUT2D eigenvalue weighted by molar-refractivity contribution is 0.0877. The summed E-state index contributed by atoms with van der Waals surface area (Å²) in [4.78, 5) is 17.1. The first-order chi connectivity index (χ1) is 15.2. The van der Waals surface area contributed by atoms with Gasteiger partial charge in [0.2, 0.25) is 0 Å². The van der Waals surface area contributed by atoms with Gasteiger partial charge in [-0.25, -0.2) is 13.6 Å². The molecule has 2 amide bonds. The fourth-order valence-electron chi connectivity index (χ4n) is 4.22. The molecular weight excluding hydrogens is 412 g/mol. The molecule has 2 aromatic carbocycles. The van der Waals surface area contributed by atoms with Crippen molar-refractivity contribution in [3.63, 3.8) is 0 Å². The molecule has 1 N–H and O–H groups in total. The van der Waals surface area contributed by atoms with Crippen LogP contribution in [0.1, 0.15) is 38.3 Å². The molecule has 1 saturated heterocycles. The number of piperidine rings is 1. The molecule has 0 spiro atoms. The van der Waals surface area contributed by atoms with Crippen LogP contribution in [0.3, 0.4) is 0 Å². The molecule has 0 aromatic heterocycles. The predicted octanol–water partition coefficient (Wildman–Crippen LogP) is 4.80. The Morgan fingerprint density at radius 3 is 2.56 bits per heavy atom. The highest BCUT2D eigenvalue weighted by molar-refractivity contribution is 5.74. The van der Waals surface area contributed by atoms with Crippen LogP contribution in [-0.2, 0) is 13.1 Å². The van der Waals surface area contributed by atoms with Gasteiger partial charge in [-0.1, -0.05) is 25.1 Å². The number of nitrogens with one attached hydrogen (secondary N) is 1. The highest BCUT2D eigenvalue weighted by Crippen LogP contribution is 2.24. The molecule has 1 aliphatic rings. The van der Waals surface area contributed by atoms with Crippen molar-refractivity contribution in [2.75, 3.05) is 20.1 Å². The zero-order valence-corrected chi connectivity index (χ0v) is 19.3. The predicted molar refractivity (Wildman–Crippen MR) is 121 cm³/mol. The number of hydrogen-bond acceptors (Lipinski definition) is 3. The van der Waals surface area contributed by atoms with E-state index in [0.717, 1.165) is 36.9 Å². The fraction of sp³-hybridized carbons (Fsp3) is 0.480. The molecule has 3 rings (SSSR count). The second-order valence-corrected chi connectivity index (χ2v) is 8.93. The Kier molecular flexibility index (Phi) is 8.07. The van der Waals surface area contributed by atoms with E-state index in [-0.39, 0.29) is 30.6 Å². The van der Waals surface area contributed by atoms with Crippen molar-refractivity contribution in [3.05, 3.63) is 65.2 Å². The zero-order valence-electron chi connectivity index (χ0n) is 19.3. The third-order valence-electron chi connectivity index (χ3n) is 5.82. The second kappa shape index (κ2) is 10.8. The van der Waals surface area contributed by atoms with Gasteiger partial charge in [-0.05, 0) is 63.5 Å². The number of carbonyl (C=O) groups excluding carboxylic acids is 1. The molecule has 174 valence electrons. The number of benzene rings is 2. The van der Waals surface area contributed by atoms with Crippen molar-refractivity contribution in [2.45, 2.75) is 52.4 Å². The largest absolute Gasteiger partial charge is 0.491 e. The molecule has 0 saturated carbocycles. The molecule has 0 unspecified atom stereocenters. The number of hydrogen-bond donors (Lipinski definition) is 1. The number of ether oxygens (including phenoxy) is 1. The van der Waals surface area contributed by atoms with Crippen LogP contribution in [0, 0.1) is 17.6 Å². The highest BCUT2D eigenvalue weighted by Gasteiger charge is 2.32. The lowest BCUT2D eigenvalue weighted by atomic mass is 9.92. The maximum Gasteiger partial charge on any atom is 0.318 e. The lowest BCUT2D eigenvalue weighted by Crippen LogP contribution is -2.53. The standard InChI is InChI=1S/C25H33F2N3O2/c1-17(2)32-22-9-5-19(6-10-22)14-28-25(31)30(24-11-12-29(4)15-18(24)3)16-20-7-8-21(26)13-23(20)27/h5-10,13,17-18,24H,11-12,14-16H2,1-4H3,(H,28,31)/t18-,24+/m1/s1. The molecule has 5 nitrogen and oxygen atoms in total. The minimum Gasteiger partial charge on any atom is -0.491 e. The summed E-state index contributed by atoms with van der Waals surface area (Å²) in [6.07, 6.45) is 0.896. The Hall–Kier alpha value is -2.67. The SMILES string of the molecule is CC(C)Oc1ccc(CNC(=O)N(Cc2ccc(F)cc2F)[C@H]2CCN(C)C[C@H]2C)cc1. The normalized spacial score (nSPS) is 19.1. The zero-order chi connectivity index (χ0) is 23.3. The summed E-state index contributed by atoms with van der Waals surface area (Å²) in [5.41, 5.74) is 1.25. The minimum absolute atomic E-state index is 0.0301. The summed E-state index contributed by atoms with van der Waals surface area (Å²) in [6, 6.07) is 10.8. The molecule has 1 aliphatic heterocycles. The topological polar surface area (TPSA) is 44.8 Å². The second-order valence-electron chi connectivity index (χ2n) is 8.93. The van der Waals surface area contributed by atoms with Crippen LogP contribution in [0.4, 0.5) is 13.6 Å². The quantitative estimate of drug-likeness (QED) is 0.666. The van der Waals surface area contributed by atoms with E-state index in [9.17, 15) is 13.6 Å². The molecule has 0 bridgehead atoms. The van der Waals surface area contributed by atoms with Gasteiger partial charge < -0.3 is 19.9 Å². The van der Waals surface area contributed by atoms with E-state index in [2.05, 4.69) is 24.2 Å². The average molecular weight is 446 g/mol. The number of halogens is 2. The number of nitrogens with zero attached hydrogens (tertiary/aromatic N) is 2. The van der Waals surface area contributed by atoms with Crippen LogP contribution in [0.2, 0.25) is 0 Å². The summed E-state index contributed by atoms with van der Waals surface area (Å²) < 4.78 is 33.4. The molecule has 0 radical (unpaired) electrons. The maximum atomic E-state index is 14.4. The number of amides is 2. The number of urea groups is 1. The Morgan fingerprint density at radius 2 is 1.94 bits per heavy atom. The van der Waals surface area contributed by atoms with Crippen LogP contribution in [0.5, 0.6) is 5.75 Å². The van der Waals surface area contributed by atoms with E-state index in [1.54, 1.807) is 4.90 Å². The third-order valence-corrected chi connectivity index (χ3v) is 5.82. The Bertz CT molecular complexity index is 905. The van der Waals surface area contributed by atoms with Crippen LogP contribution >= 0.6 is 0 Å². The minimum atomic E-state index is -0.635. The van der Waals surface area contributed by atoms with Gasteiger partial charge in [0.1, 0.15) is 17.4 Å². The van der Waals surface area contributed by atoms with Crippen molar-refractivity contribution in [1.29, 1.82) is 0 Å². The molecule has 2 aromatic rings. The van der Waals surface area contributed by atoms with E-state index < -0.39 is 11.6 Å². The Balaban J connectivity index is 1.72. The van der Waals surface area contributed by atoms with Crippen LogP contribution in [0.25, 0.3) is 0 Å². The summed E-state index contributed by atoms with van der Waals surface area (Å²) in [5, 5.41) is 2.98. The van der Waals surface area contributed by atoms with E-state index in [1.165, 1.54) is 12.1 Å². The van der Waals surface area contributed by atoms with Crippen molar-refractivity contribution in [1.82, 2.24) is 15.1 Å². The van der Waals surface area contributed by atoms with Gasteiger partial charge in [-0.15, -0.1) is 0 Å². The highest BCUT2D eigenvalue weighted by atomic mass is 19.1. The van der Waals surface area contributed by atoms with Gasteiger partial charge in [0.15, 0.2) is 0 Å². The Morgan fingerprint density at radius 1 is 1.22 bits per heavy atom. The molecule has 32 heavy (non-hydrogen) atoms. The van der Waals surface area contributed by atoms with Crippen LogP contribution in [0.15, 0.2) is 42.5 Å². The van der Waals surface area contributed by atoms with Gasteiger partial charge in [0.05, 0.1) is 12.6 Å². The fourth-order valence-corrected chi connectivity index (χ4v) is 4.22. The molecular formula is C25H33F2N3O2. The number of carbonyl (C=O) groups is 1. The average Bonchev–Trinajstić information content (AvgIpc) is 2.73. The first-order valence-electron chi connectivity index (χ1n) is 11.2. The van der Waals surface area contributed by atoms with Gasteiger partial charge >= 0.3 is 6.03 Å². The molecule has 1 fully saturated rings. The lowest BCUT2D eigenvalue weighted by Gasteiger charge is -2.41. The van der Waals surface area contributed by atoms with Gasteiger partial charge in [-0.3, -0.25) is 0 Å². The van der Waals surface area contributed by atoms with Crippen LogP contribution < -0.4 is 10.1 Å². The summed E-state index contributed by atoms with van der Waals surface area (Å²) in [7, 11) is 2.06. The van der Waals surface area contributed by atoms with E-state index in [0.29, 0.717) is 12.1 Å². The van der Waals surface area contributed by atoms with Gasteiger partial charge in [-0.2, -0.15) is 0 Å². The van der Waals surface area contributed by atoms with Gasteiger partial charge in [0, 0.05) is 30.8 Å². The summed E-state index contributed by atoms with van der Waals surface area (Å²) in [6.45, 7) is 8.21. The van der Waals surface area contributed by atoms with E-state index in [4.69, 9.17) is 4.74 Å². The summed E-state index contributed by atoms with van der Waals surface area (Å²) >= 11 is 0.